The van der Waals surface area contributed by atoms with Crippen molar-refractivity contribution >= 4 is 8.15 Å². The topological polar surface area (TPSA) is 38.7 Å². The normalized spacial score (nSPS) is 12.9. The lowest BCUT2D eigenvalue weighted by molar-refractivity contribution is 0.376. The summed E-state index contributed by atoms with van der Waals surface area (Å²) in [5.41, 5.74) is 0. The molecule has 1 unspecified atom stereocenters. The third kappa shape index (κ3) is 3.67. The first-order valence-electron chi connectivity index (χ1n) is 2.02. The van der Waals surface area contributed by atoms with Crippen LogP contribution in [0.5, 0.6) is 0 Å². The van der Waals surface area contributed by atoms with Gasteiger partial charge in [0.2, 0.25) is 0 Å². The van der Waals surface area contributed by atoms with E-state index in [9.17, 15) is 4.91 Å². The molecule has 0 radical (unpaired) electrons. The molecule has 1 atom stereocenters. The molecule has 42 valence electrons. The van der Waals surface area contributed by atoms with E-state index in [1.807, 2.05) is 13.6 Å². The maximum atomic E-state index is 9.32. The van der Waals surface area contributed by atoms with Gasteiger partial charge in [-0.1, -0.05) is 6.92 Å². The summed E-state index contributed by atoms with van der Waals surface area (Å²) in [5.74, 6) is 0. The van der Waals surface area contributed by atoms with Crippen LogP contribution < -0.4 is 0 Å². The smallest absolute Gasteiger partial charge is 0.157 e. The largest absolute Gasteiger partial charge is 0.345 e. The summed E-state index contributed by atoms with van der Waals surface area (Å²) >= 11 is 0. The zero-order chi connectivity index (χ0) is 5.70. The summed E-state index contributed by atoms with van der Waals surface area (Å²) in [5, 5.41) is 2.29. The highest BCUT2D eigenvalue weighted by Crippen LogP contribution is 2.30. The molecule has 4 heteroatoms. The van der Waals surface area contributed by atoms with E-state index in [0.717, 1.165) is 6.16 Å². The Kier molecular flexibility index (Phi) is 3.90. The lowest BCUT2D eigenvalue weighted by Gasteiger charge is -1.98. The van der Waals surface area contributed by atoms with Gasteiger partial charge < -0.3 is 4.62 Å². The zero-order valence-electron chi connectivity index (χ0n) is 4.42. The fraction of sp³-hybridized carbons (Fsp3) is 1.00. The number of rotatable bonds is 3. The van der Waals surface area contributed by atoms with Gasteiger partial charge in [0.15, 0.2) is 5.34 Å². The molecule has 0 saturated carbocycles. The Morgan fingerprint density at radius 2 is 2.43 bits per heavy atom. The van der Waals surface area contributed by atoms with Crippen LogP contribution in [0, 0.1) is 4.91 Å². The summed E-state index contributed by atoms with van der Waals surface area (Å²) in [7, 11) is -0.558. The van der Waals surface area contributed by atoms with E-state index in [-0.39, 0.29) is 0 Å². The molecular formula is C3H8NO2P. The van der Waals surface area contributed by atoms with Crippen molar-refractivity contribution in [1.82, 2.24) is 0 Å². The van der Waals surface area contributed by atoms with Gasteiger partial charge in [0, 0.05) is 6.16 Å². The Labute approximate surface area is 43.8 Å². The molecule has 0 aromatic carbocycles. The predicted octanol–water partition coefficient (Wildman–Crippen LogP) is 1.73. The van der Waals surface area contributed by atoms with Gasteiger partial charge >= 0.3 is 0 Å². The van der Waals surface area contributed by atoms with E-state index >= 15 is 0 Å². The summed E-state index contributed by atoms with van der Waals surface area (Å²) in [4.78, 5) is 9.32. The monoisotopic (exact) mass is 121 g/mol. The molecule has 0 heterocycles. The molecule has 0 N–H and O–H groups in total. The van der Waals surface area contributed by atoms with Crippen LogP contribution in [0.15, 0.2) is 5.34 Å². The third-order valence-corrected chi connectivity index (χ3v) is 1.85. The van der Waals surface area contributed by atoms with Crippen LogP contribution in [0.3, 0.4) is 0 Å². The van der Waals surface area contributed by atoms with Crippen molar-refractivity contribution in [2.45, 2.75) is 6.92 Å². The van der Waals surface area contributed by atoms with E-state index in [2.05, 4.69) is 9.96 Å². The molecule has 0 bridgehead atoms. The highest BCUT2D eigenvalue weighted by atomic mass is 31.1. The average molecular weight is 121 g/mol. The lowest BCUT2D eigenvalue weighted by atomic mass is 11.0. The summed E-state index contributed by atoms with van der Waals surface area (Å²) in [6.07, 6.45) is 0.890. The molecule has 0 rings (SSSR count). The fourth-order valence-corrected chi connectivity index (χ4v) is 0.344. The SMILES string of the molecule is CCP(C)ON=O. The van der Waals surface area contributed by atoms with Crippen molar-refractivity contribution in [3.05, 3.63) is 4.91 Å². The van der Waals surface area contributed by atoms with E-state index < -0.39 is 8.15 Å². The third-order valence-electron chi connectivity index (χ3n) is 0.618. The molecular weight excluding hydrogens is 113 g/mol. The minimum absolute atomic E-state index is 0.558. The van der Waals surface area contributed by atoms with Crippen LogP contribution in [0.25, 0.3) is 0 Å². The molecule has 0 aliphatic heterocycles. The molecule has 0 aliphatic carbocycles. The van der Waals surface area contributed by atoms with Crippen molar-refractivity contribution in [1.29, 1.82) is 0 Å². The molecule has 7 heavy (non-hydrogen) atoms. The minimum Gasteiger partial charge on any atom is -0.345 e. The Hall–Kier alpha value is -0.170. The number of hydrogen-bond donors (Lipinski definition) is 0. The van der Waals surface area contributed by atoms with Gasteiger partial charge in [-0.3, -0.25) is 0 Å². The highest BCUT2D eigenvalue weighted by molar-refractivity contribution is 7.51. The van der Waals surface area contributed by atoms with Gasteiger partial charge in [-0.15, -0.1) is 4.91 Å². The molecule has 0 aliphatic rings. The quantitative estimate of drug-likeness (QED) is 0.324. The van der Waals surface area contributed by atoms with Gasteiger partial charge in [0.1, 0.15) is 8.15 Å². The van der Waals surface area contributed by atoms with Crippen LogP contribution in [0.2, 0.25) is 0 Å². The Bertz CT molecular complexity index is 58.9. The second-order valence-electron chi connectivity index (χ2n) is 1.10. The van der Waals surface area contributed by atoms with Crippen LogP contribution in [-0.2, 0) is 4.62 Å². The van der Waals surface area contributed by atoms with E-state index in [1.54, 1.807) is 0 Å². The predicted molar refractivity (Wildman–Crippen MR) is 30.3 cm³/mol. The van der Waals surface area contributed by atoms with E-state index in [4.69, 9.17) is 0 Å². The first-order valence-corrected chi connectivity index (χ1v) is 3.91. The molecule has 0 spiro atoms. The van der Waals surface area contributed by atoms with Crippen LogP contribution in [0.1, 0.15) is 6.92 Å². The number of hydrogen-bond acceptors (Lipinski definition) is 3. The Morgan fingerprint density at radius 3 is 2.57 bits per heavy atom. The van der Waals surface area contributed by atoms with Crippen molar-refractivity contribution in [3.63, 3.8) is 0 Å². The van der Waals surface area contributed by atoms with Gasteiger partial charge in [0.25, 0.3) is 0 Å². The number of nitrogens with zero attached hydrogens (tertiary/aromatic N) is 1. The zero-order valence-corrected chi connectivity index (χ0v) is 5.31. The molecule has 0 aromatic heterocycles. The second kappa shape index (κ2) is 4.00. The van der Waals surface area contributed by atoms with E-state index in [1.165, 1.54) is 0 Å². The Morgan fingerprint density at radius 1 is 1.86 bits per heavy atom. The highest BCUT2D eigenvalue weighted by Gasteiger charge is 1.94. The Balaban J connectivity index is 2.98. The molecule has 0 fully saturated rings. The van der Waals surface area contributed by atoms with Crippen molar-refractivity contribution in [2.75, 3.05) is 12.8 Å². The van der Waals surface area contributed by atoms with Crippen LogP contribution >= 0.6 is 8.15 Å². The molecule has 0 saturated heterocycles. The summed E-state index contributed by atoms with van der Waals surface area (Å²) in [6.45, 7) is 3.81. The minimum atomic E-state index is -0.558. The molecule has 3 nitrogen and oxygen atoms in total. The first kappa shape index (κ1) is 6.83. The fourth-order valence-electron chi connectivity index (χ4n) is 0.115. The standard InChI is InChI=1S/C3H8NO2P/c1-3-7(2)6-4-5/h3H2,1-2H3. The first-order chi connectivity index (χ1) is 3.31. The van der Waals surface area contributed by atoms with Gasteiger partial charge in [-0.05, 0) is 6.66 Å². The molecule has 0 amide bonds. The lowest BCUT2D eigenvalue weighted by Crippen LogP contribution is -1.74. The van der Waals surface area contributed by atoms with Crippen molar-refractivity contribution in [2.24, 2.45) is 5.34 Å². The average Bonchev–Trinajstić information content (AvgIpc) is 1.68. The van der Waals surface area contributed by atoms with Crippen molar-refractivity contribution in [3.8, 4) is 0 Å². The summed E-state index contributed by atoms with van der Waals surface area (Å²) < 4.78 is 4.33. The maximum absolute atomic E-state index is 9.32. The van der Waals surface area contributed by atoms with Gasteiger partial charge in [0.05, 0.1) is 0 Å². The summed E-state index contributed by atoms with van der Waals surface area (Å²) in [6, 6.07) is 0. The van der Waals surface area contributed by atoms with Crippen LogP contribution in [0.4, 0.5) is 0 Å². The van der Waals surface area contributed by atoms with Crippen LogP contribution in [-0.4, -0.2) is 12.8 Å². The molecule has 0 aromatic rings. The van der Waals surface area contributed by atoms with Gasteiger partial charge in [-0.2, -0.15) is 0 Å². The second-order valence-corrected chi connectivity index (χ2v) is 3.15. The maximum Gasteiger partial charge on any atom is 0.157 e. The van der Waals surface area contributed by atoms with Crippen molar-refractivity contribution < 1.29 is 4.62 Å². The van der Waals surface area contributed by atoms with Gasteiger partial charge in [-0.25, -0.2) is 0 Å². The van der Waals surface area contributed by atoms with E-state index in [0.29, 0.717) is 0 Å².